The summed E-state index contributed by atoms with van der Waals surface area (Å²) in [4.78, 5) is 30.7. The first kappa shape index (κ1) is 31.6. The molecule has 0 radical (unpaired) electrons. The van der Waals surface area contributed by atoms with Gasteiger partial charge in [-0.15, -0.1) is 0 Å². The Balaban J connectivity index is 1.16. The molecule has 0 spiro atoms. The van der Waals surface area contributed by atoms with Gasteiger partial charge in [0.25, 0.3) is 5.91 Å². The highest BCUT2D eigenvalue weighted by Crippen LogP contribution is 2.51. The number of benzene rings is 2. The summed E-state index contributed by atoms with van der Waals surface area (Å²) < 4.78 is 50.1. The normalized spacial score (nSPS) is 21.7. The van der Waals surface area contributed by atoms with Crippen LogP contribution < -0.4 is 20.9 Å². The number of ether oxygens (including phenoxy) is 1. The highest BCUT2D eigenvalue weighted by molar-refractivity contribution is 5.98. The zero-order chi connectivity index (χ0) is 32.7. The molecule has 10 nitrogen and oxygen atoms in total. The molecule has 2 aromatic carbocycles. The van der Waals surface area contributed by atoms with Crippen LogP contribution in [0.3, 0.4) is 0 Å². The molecule has 5 heterocycles. The number of primary amides is 1. The van der Waals surface area contributed by atoms with Crippen molar-refractivity contribution in [2.24, 2.45) is 5.73 Å². The van der Waals surface area contributed by atoms with Crippen molar-refractivity contribution in [3.05, 3.63) is 59.8 Å². The molecule has 3 saturated heterocycles. The second-order valence-electron chi connectivity index (χ2n) is 13.0. The zero-order valence-corrected chi connectivity index (χ0v) is 26.5. The summed E-state index contributed by atoms with van der Waals surface area (Å²) in [6, 6.07) is 12.3. The van der Waals surface area contributed by atoms with Crippen LogP contribution in [-0.4, -0.2) is 103 Å². The van der Waals surface area contributed by atoms with Crippen molar-refractivity contribution in [2.45, 2.75) is 50.0 Å². The molecule has 4 aliphatic rings. The molecule has 7 rings (SSSR count). The van der Waals surface area contributed by atoms with E-state index < -0.39 is 24.2 Å². The Labute approximate surface area is 272 Å². The maximum Gasteiger partial charge on any atom is 0.413 e. The third-order valence-corrected chi connectivity index (χ3v) is 10.1. The van der Waals surface area contributed by atoms with Crippen LogP contribution in [0.1, 0.15) is 47.8 Å². The molecule has 3 N–H and O–H groups in total. The standard InChI is InChI=1S/C34H41F3N8O2/c1-42-16-18-44(19-17-42)24-10-14-43(15-11-24)23-8-6-22(7-9-23)39-32-29(31(38)46)40-28-26-4-2-3-5-27(26)30(34(35,36)37)45(33(28)41-32)25-12-20-47-21-13-25/h2-9,24-25,30H,10-21H2,1H3,(H2,38,46)(H,39,41). The molecule has 47 heavy (non-hydrogen) atoms. The molecular formula is C34H41F3N8O2. The van der Waals surface area contributed by atoms with Crippen molar-refractivity contribution in [3.63, 3.8) is 0 Å². The number of hydrogen-bond donors (Lipinski definition) is 2. The van der Waals surface area contributed by atoms with E-state index in [1.807, 2.05) is 24.3 Å². The fourth-order valence-electron chi connectivity index (χ4n) is 7.52. The van der Waals surface area contributed by atoms with Gasteiger partial charge >= 0.3 is 6.18 Å². The second kappa shape index (κ2) is 12.9. The lowest BCUT2D eigenvalue weighted by molar-refractivity contribution is -0.153. The molecule has 0 aliphatic carbocycles. The van der Waals surface area contributed by atoms with E-state index in [1.165, 1.54) is 11.0 Å². The van der Waals surface area contributed by atoms with Gasteiger partial charge in [0.05, 0.1) is 0 Å². The summed E-state index contributed by atoms with van der Waals surface area (Å²) in [6.07, 6.45) is -1.54. The summed E-state index contributed by atoms with van der Waals surface area (Å²) in [5, 5.41) is 3.15. The Hall–Kier alpha value is -3.94. The largest absolute Gasteiger partial charge is 0.413 e. The predicted molar refractivity (Wildman–Crippen MR) is 175 cm³/mol. The summed E-state index contributed by atoms with van der Waals surface area (Å²) in [7, 11) is 2.18. The molecule has 4 aliphatic heterocycles. The van der Waals surface area contributed by atoms with Gasteiger partial charge in [-0.1, -0.05) is 24.3 Å². The first-order valence-electron chi connectivity index (χ1n) is 16.5. The molecule has 3 aromatic rings. The van der Waals surface area contributed by atoms with E-state index >= 15 is 0 Å². The number of halogens is 3. The Morgan fingerprint density at radius 3 is 2.23 bits per heavy atom. The number of nitrogens with two attached hydrogens (primary N) is 1. The number of piperazine rings is 1. The molecule has 1 atom stereocenters. The third-order valence-electron chi connectivity index (χ3n) is 10.1. The van der Waals surface area contributed by atoms with Crippen molar-refractivity contribution < 1.29 is 22.7 Å². The number of carbonyl (C=O) groups excluding carboxylic acids is 1. The number of amides is 1. The summed E-state index contributed by atoms with van der Waals surface area (Å²) in [6.45, 7) is 7.11. The average Bonchev–Trinajstić information content (AvgIpc) is 3.08. The SMILES string of the molecule is CN1CCN(C2CCN(c3ccc(Nc4nc5c(nc4C(N)=O)-c4ccccc4C(C(F)(F)F)N5C4CCOCC4)cc3)CC2)CC1. The highest BCUT2D eigenvalue weighted by atomic mass is 19.4. The van der Waals surface area contributed by atoms with Crippen LogP contribution >= 0.6 is 0 Å². The fraction of sp³-hybridized carbons (Fsp3) is 0.500. The Morgan fingerprint density at radius 2 is 1.57 bits per heavy atom. The van der Waals surface area contributed by atoms with Crippen molar-refractivity contribution in [2.75, 3.05) is 74.6 Å². The number of aromatic nitrogens is 2. The van der Waals surface area contributed by atoms with Crippen molar-refractivity contribution in [1.29, 1.82) is 0 Å². The number of carbonyl (C=O) groups is 1. The minimum absolute atomic E-state index is 0.0226. The van der Waals surface area contributed by atoms with E-state index in [2.05, 4.69) is 32.0 Å². The van der Waals surface area contributed by atoms with Gasteiger partial charge < -0.3 is 30.5 Å². The van der Waals surface area contributed by atoms with Gasteiger partial charge in [-0.2, -0.15) is 13.2 Å². The monoisotopic (exact) mass is 650 g/mol. The number of likely N-dealkylation sites (N-methyl/N-ethyl adjacent to an activating group) is 1. The number of rotatable bonds is 6. The molecule has 1 unspecified atom stereocenters. The van der Waals surface area contributed by atoms with E-state index in [9.17, 15) is 18.0 Å². The first-order chi connectivity index (χ1) is 22.7. The molecule has 13 heteroatoms. The van der Waals surface area contributed by atoms with Crippen LogP contribution in [0.2, 0.25) is 0 Å². The second-order valence-corrected chi connectivity index (χ2v) is 13.0. The number of piperidine rings is 1. The summed E-state index contributed by atoms with van der Waals surface area (Å²) in [5.74, 6) is -0.727. The van der Waals surface area contributed by atoms with Crippen molar-refractivity contribution in [1.82, 2.24) is 19.8 Å². The fourth-order valence-corrected chi connectivity index (χ4v) is 7.52. The van der Waals surface area contributed by atoms with E-state index in [0.717, 1.165) is 57.8 Å². The quantitative estimate of drug-likeness (QED) is 0.390. The molecule has 1 aromatic heterocycles. The van der Waals surface area contributed by atoms with Gasteiger partial charge in [0, 0.05) is 81.5 Å². The Bertz CT molecular complexity index is 1580. The van der Waals surface area contributed by atoms with Crippen LogP contribution in [0, 0.1) is 0 Å². The van der Waals surface area contributed by atoms with Gasteiger partial charge in [0.1, 0.15) is 5.69 Å². The van der Waals surface area contributed by atoms with Crippen LogP contribution in [0.4, 0.5) is 36.2 Å². The van der Waals surface area contributed by atoms with Crippen LogP contribution in [0.5, 0.6) is 0 Å². The number of anilines is 4. The van der Waals surface area contributed by atoms with Crippen LogP contribution in [0.25, 0.3) is 11.3 Å². The van der Waals surface area contributed by atoms with Gasteiger partial charge in [0.15, 0.2) is 23.4 Å². The number of fused-ring (bicyclic) bond motifs is 3. The number of alkyl halides is 3. The Kier molecular flexibility index (Phi) is 8.71. The van der Waals surface area contributed by atoms with E-state index in [4.69, 9.17) is 15.5 Å². The third kappa shape index (κ3) is 6.35. The molecule has 250 valence electrons. The van der Waals surface area contributed by atoms with E-state index in [1.54, 1.807) is 18.2 Å². The van der Waals surface area contributed by atoms with Crippen LogP contribution in [0.15, 0.2) is 48.5 Å². The smallest absolute Gasteiger partial charge is 0.381 e. The first-order valence-corrected chi connectivity index (χ1v) is 16.5. The van der Waals surface area contributed by atoms with Gasteiger partial charge in [0.2, 0.25) is 0 Å². The van der Waals surface area contributed by atoms with Crippen molar-refractivity contribution >= 4 is 28.9 Å². The molecule has 3 fully saturated rings. The molecular weight excluding hydrogens is 609 g/mol. The van der Waals surface area contributed by atoms with E-state index in [-0.39, 0.29) is 34.2 Å². The maximum absolute atomic E-state index is 14.9. The summed E-state index contributed by atoms with van der Waals surface area (Å²) in [5.41, 5.74) is 7.94. The lowest BCUT2D eigenvalue weighted by Crippen LogP contribution is -2.52. The molecule has 1 amide bonds. The Morgan fingerprint density at radius 1 is 0.894 bits per heavy atom. The summed E-state index contributed by atoms with van der Waals surface area (Å²) >= 11 is 0. The van der Waals surface area contributed by atoms with Gasteiger partial charge in [-0.25, -0.2) is 9.97 Å². The zero-order valence-electron chi connectivity index (χ0n) is 26.5. The number of hydrogen-bond acceptors (Lipinski definition) is 9. The number of nitrogens with zero attached hydrogens (tertiary/aromatic N) is 6. The van der Waals surface area contributed by atoms with E-state index in [0.29, 0.717) is 37.8 Å². The average molecular weight is 651 g/mol. The highest BCUT2D eigenvalue weighted by Gasteiger charge is 2.52. The number of nitrogens with one attached hydrogen (secondary N) is 1. The minimum atomic E-state index is -4.58. The molecule has 0 bridgehead atoms. The van der Waals surface area contributed by atoms with Crippen molar-refractivity contribution in [3.8, 4) is 11.3 Å². The van der Waals surface area contributed by atoms with Crippen LogP contribution in [-0.2, 0) is 4.74 Å². The lowest BCUT2D eigenvalue weighted by Gasteiger charge is -2.45. The van der Waals surface area contributed by atoms with Gasteiger partial charge in [-0.3, -0.25) is 9.69 Å². The topological polar surface area (TPSA) is 103 Å². The molecule has 0 saturated carbocycles. The van der Waals surface area contributed by atoms with Gasteiger partial charge in [-0.05, 0) is 62.6 Å². The predicted octanol–water partition coefficient (Wildman–Crippen LogP) is 4.80. The maximum atomic E-state index is 14.9. The lowest BCUT2D eigenvalue weighted by atomic mass is 9.89. The minimum Gasteiger partial charge on any atom is -0.381 e.